The van der Waals surface area contributed by atoms with Gasteiger partial charge >= 0.3 is 7.12 Å². The van der Waals surface area contributed by atoms with E-state index in [9.17, 15) is 19.6 Å². The van der Waals surface area contributed by atoms with Gasteiger partial charge in [0.1, 0.15) is 0 Å². The maximum atomic E-state index is 12.1. The lowest BCUT2D eigenvalue weighted by atomic mass is 9.77. The molecule has 2 aromatic rings. The molecule has 2 amide bonds. The Kier molecular flexibility index (Phi) is 5.51. The van der Waals surface area contributed by atoms with Gasteiger partial charge in [0.15, 0.2) is 0 Å². The van der Waals surface area contributed by atoms with Gasteiger partial charge in [0, 0.05) is 12.0 Å². The normalized spacial score (nSPS) is 11.6. The highest BCUT2D eigenvalue weighted by atomic mass is 16.4. The summed E-state index contributed by atoms with van der Waals surface area (Å²) >= 11 is 0. The Morgan fingerprint density at radius 2 is 1.57 bits per heavy atom. The molecule has 0 aromatic heterocycles. The monoisotopic (exact) mass is 312 g/mol. The highest BCUT2D eigenvalue weighted by Gasteiger charge is 2.27. The van der Waals surface area contributed by atoms with Crippen LogP contribution in [-0.4, -0.2) is 34.9 Å². The van der Waals surface area contributed by atoms with E-state index in [1.165, 1.54) is 0 Å². The summed E-state index contributed by atoms with van der Waals surface area (Å²) in [5.41, 5.74) is 7.35. The van der Waals surface area contributed by atoms with E-state index >= 15 is 0 Å². The number of amides is 2. The quantitative estimate of drug-likeness (QED) is 0.576. The third-order valence-electron chi connectivity index (χ3n) is 3.35. The first-order valence-corrected chi connectivity index (χ1v) is 7.08. The molecule has 5 N–H and O–H groups in total. The van der Waals surface area contributed by atoms with Crippen molar-refractivity contribution < 1.29 is 19.6 Å². The van der Waals surface area contributed by atoms with Crippen molar-refractivity contribution in [3.8, 4) is 11.1 Å². The van der Waals surface area contributed by atoms with Crippen molar-refractivity contribution in [3.05, 3.63) is 60.2 Å². The van der Waals surface area contributed by atoms with E-state index in [0.29, 0.717) is 5.56 Å². The van der Waals surface area contributed by atoms with Gasteiger partial charge in [0.2, 0.25) is 5.91 Å². The smallest absolute Gasteiger partial charge is 0.426 e. The Balaban J connectivity index is 2.09. The van der Waals surface area contributed by atoms with Gasteiger partial charge in [-0.15, -0.1) is 0 Å². The molecule has 118 valence electrons. The second-order valence-electron chi connectivity index (χ2n) is 5.11. The van der Waals surface area contributed by atoms with E-state index in [1.54, 1.807) is 24.3 Å². The van der Waals surface area contributed by atoms with E-state index in [1.807, 2.05) is 30.3 Å². The van der Waals surface area contributed by atoms with E-state index in [2.05, 4.69) is 5.32 Å². The fourth-order valence-electron chi connectivity index (χ4n) is 2.14. The number of primary amides is 1. The van der Waals surface area contributed by atoms with Crippen LogP contribution in [0.15, 0.2) is 54.6 Å². The molecule has 0 fully saturated rings. The topological polar surface area (TPSA) is 113 Å². The molecule has 7 heteroatoms. The Labute approximate surface area is 134 Å². The molecule has 1 unspecified atom stereocenters. The van der Waals surface area contributed by atoms with Gasteiger partial charge in [0.05, 0.1) is 5.94 Å². The first kappa shape index (κ1) is 16.7. The highest BCUT2D eigenvalue weighted by Crippen LogP contribution is 2.19. The molecule has 0 aliphatic heterocycles. The predicted molar refractivity (Wildman–Crippen MR) is 87.1 cm³/mol. The average Bonchev–Trinajstić information content (AvgIpc) is 2.54. The van der Waals surface area contributed by atoms with E-state index in [4.69, 9.17) is 5.73 Å². The SMILES string of the molecule is NC(=O)CC(NC(=O)c1ccc(-c2ccccc2)cc1)B(O)O. The molecule has 1 atom stereocenters. The summed E-state index contributed by atoms with van der Waals surface area (Å²) in [7, 11) is -1.87. The molecule has 0 aliphatic rings. The number of benzene rings is 2. The third-order valence-corrected chi connectivity index (χ3v) is 3.35. The maximum Gasteiger partial charge on any atom is 0.476 e. The molecule has 0 aliphatic carbocycles. The molecule has 0 saturated heterocycles. The van der Waals surface area contributed by atoms with E-state index in [-0.39, 0.29) is 6.42 Å². The fourth-order valence-corrected chi connectivity index (χ4v) is 2.14. The minimum absolute atomic E-state index is 0.347. The van der Waals surface area contributed by atoms with Gasteiger partial charge in [-0.3, -0.25) is 9.59 Å². The largest absolute Gasteiger partial charge is 0.476 e. The Morgan fingerprint density at radius 3 is 2.09 bits per heavy atom. The molecule has 0 heterocycles. The molecule has 23 heavy (non-hydrogen) atoms. The number of nitrogens with one attached hydrogen (secondary N) is 1. The molecule has 0 radical (unpaired) electrons. The number of hydrogen-bond acceptors (Lipinski definition) is 4. The van der Waals surface area contributed by atoms with Crippen molar-refractivity contribution >= 4 is 18.9 Å². The minimum Gasteiger partial charge on any atom is -0.426 e. The number of nitrogens with two attached hydrogens (primary N) is 1. The summed E-state index contributed by atoms with van der Waals surface area (Å²) in [4.78, 5) is 23.0. The van der Waals surface area contributed by atoms with Gasteiger partial charge in [-0.05, 0) is 23.3 Å². The summed E-state index contributed by atoms with van der Waals surface area (Å²) in [5, 5.41) is 20.7. The van der Waals surface area contributed by atoms with Crippen LogP contribution < -0.4 is 11.1 Å². The number of rotatable bonds is 6. The molecule has 0 spiro atoms. The molecule has 2 rings (SSSR count). The second-order valence-corrected chi connectivity index (χ2v) is 5.11. The molecule has 2 aromatic carbocycles. The van der Waals surface area contributed by atoms with E-state index in [0.717, 1.165) is 11.1 Å². The van der Waals surface area contributed by atoms with Gasteiger partial charge in [0.25, 0.3) is 5.91 Å². The standard InChI is InChI=1S/C16H17BN2O4/c18-15(20)10-14(17(22)23)19-16(21)13-8-6-12(7-9-13)11-4-2-1-3-5-11/h1-9,14,22-23H,10H2,(H2,18,20)(H,19,21). The maximum absolute atomic E-state index is 12.1. The van der Waals surface area contributed by atoms with Gasteiger partial charge < -0.3 is 21.1 Å². The van der Waals surface area contributed by atoms with Crippen molar-refractivity contribution in [1.82, 2.24) is 5.32 Å². The lowest BCUT2D eigenvalue weighted by molar-refractivity contribution is -0.118. The Bertz CT molecular complexity index is 674. The number of carbonyl (C=O) groups excluding carboxylic acids is 2. The zero-order valence-electron chi connectivity index (χ0n) is 12.3. The Hall–Kier alpha value is -2.64. The van der Waals surface area contributed by atoms with E-state index < -0.39 is 24.9 Å². The van der Waals surface area contributed by atoms with Crippen LogP contribution in [-0.2, 0) is 4.79 Å². The van der Waals surface area contributed by atoms with Crippen LogP contribution in [0.3, 0.4) is 0 Å². The summed E-state index contributed by atoms with van der Waals surface area (Å²) in [5.74, 6) is -2.39. The fraction of sp³-hybridized carbons (Fsp3) is 0.125. The second kappa shape index (κ2) is 7.57. The van der Waals surface area contributed by atoms with Crippen LogP contribution in [0.25, 0.3) is 11.1 Å². The van der Waals surface area contributed by atoms with Crippen LogP contribution in [0.1, 0.15) is 16.8 Å². The van der Waals surface area contributed by atoms with Crippen molar-refractivity contribution in [2.24, 2.45) is 5.73 Å². The van der Waals surface area contributed by atoms with Crippen molar-refractivity contribution in [1.29, 1.82) is 0 Å². The summed E-state index contributed by atoms with van der Waals surface area (Å²) < 4.78 is 0. The number of carbonyl (C=O) groups is 2. The van der Waals surface area contributed by atoms with Crippen molar-refractivity contribution in [2.75, 3.05) is 0 Å². The van der Waals surface area contributed by atoms with Crippen molar-refractivity contribution in [3.63, 3.8) is 0 Å². The van der Waals surface area contributed by atoms with Crippen LogP contribution in [0.2, 0.25) is 0 Å². The van der Waals surface area contributed by atoms with Crippen LogP contribution in [0.5, 0.6) is 0 Å². The highest BCUT2D eigenvalue weighted by molar-refractivity contribution is 6.44. The summed E-state index contributed by atoms with van der Waals surface area (Å²) in [6, 6.07) is 16.5. The van der Waals surface area contributed by atoms with Crippen LogP contribution >= 0.6 is 0 Å². The average molecular weight is 312 g/mol. The first-order valence-electron chi connectivity index (χ1n) is 7.08. The Morgan fingerprint density at radius 1 is 1.00 bits per heavy atom. The van der Waals surface area contributed by atoms with Crippen molar-refractivity contribution in [2.45, 2.75) is 12.4 Å². The molecule has 0 saturated carbocycles. The third kappa shape index (κ3) is 4.67. The van der Waals surface area contributed by atoms with Gasteiger partial charge in [-0.25, -0.2) is 0 Å². The zero-order valence-corrected chi connectivity index (χ0v) is 12.3. The van der Waals surface area contributed by atoms with Crippen LogP contribution in [0.4, 0.5) is 0 Å². The first-order chi connectivity index (χ1) is 11.0. The van der Waals surface area contributed by atoms with Gasteiger partial charge in [-0.2, -0.15) is 0 Å². The zero-order chi connectivity index (χ0) is 16.8. The summed E-state index contributed by atoms with van der Waals surface area (Å²) in [6.45, 7) is 0. The molecular weight excluding hydrogens is 295 g/mol. The van der Waals surface area contributed by atoms with Gasteiger partial charge in [-0.1, -0.05) is 42.5 Å². The number of hydrogen-bond donors (Lipinski definition) is 4. The predicted octanol–water partition coefficient (Wildman–Crippen LogP) is 0.339. The molecule has 6 nitrogen and oxygen atoms in total. The minimum atomic E-state index is -1.87. The molecule has 0 bridgehead atoms. The lowest BCUT2D eigenvalue weighted by Gasteiger charge is -2.16. The lowest BCUT2D eigenvalue weighted by Crippen LogP contribution is -2.48. The van der Waals surface area contributed by atoms with Crippen LogP contribution in [0, 0.1) is 0 Å². The molecular formula is C16H17BN2O4. The summed E-state index contributed by atoms with van der Waals surface area (Å²) in [6.07, 6.45) is -0.356.